The van der Waals surface area contributed by atoms with Crippen molar-refractivity contribution in [2.24, 2.45) is 0 Å². The third kappa shape index (κ3) is 4.31. The maximum Gasteiger partial charge on any atom is 0.387 e. The summed E-state index contributed by atoms with van der Waals surface area (Å²) in [6.45, 7) is 0.384. The smallest absolute Gasteiger partial charge is 0.387 e. The molecule has 2 aromatic rings. The zero-order chi connectivity index (χ0) is 19.6. The van der Waals surface area contributed by atoms with Crippen molar-refractivity contribution in [1.82, 2.24) is 0 Å². The molecule has 1 N–H and O–H groups in total. The summed E-state index contributed by atoms with van der Waals surface area (Å²) in [7, 11) is 0. The van der Waals surface area contributed by atoms with Crippen LogP contribution in [0.4, 0.5) is 14.5 Å². The van der Waals surface area contributed by atoms with E-state index < -0.39 is 6.61 Å². The number of amides is 1. The minimum atomic E-state index is -2.89. The molecular weight excluding hydrogens is 356 g/mol. The molecule has 27 heavy (non-hydrogen) atoms. The lowest BCUT2D eigenvalue weighted by Gasteiger charge is -2.18. The van der Waals surface area contributed by atoms with Crippen LogP contribution in [0, 0.1) is 13.8 Å². The molecule has 3 rings (SSSR count). The van der Waals surface area contributed by atoms with Gasteiger partial charge >= 0.3 is 6.61 Å². The van der Waals surface area contributed by atoms with E-state index in [0.29, 0.717) is 33.7 Å². The first-order valence-electron chi connectivity index (χ1n) is 8.18. The number of hydrogen-bond acceptors (Lipinski definition) is 4. The van der Waals surface area contributed by atoms with Gasteiger partial charge in [0.15, 0.2) is 12.4 Å². The number of ketones is 1. The fourth-order valence-electron chi connectivity index (χ4n) is 2.86. The number of alkyl halides is 2. The number of aryl methyl sites for hydroxylation is 2. The summed E-state index contributed by atoms with van der Waals surface area (Å²) in [6.07, 6.45) is 2.98. The topological polar surface area (TPSA) is 64.6 Å². The lowest BCUT2D eigenvalue weighted by Crippen LogP contribution is -2.25. The minimum Gasteiger partial charge on any atom is -0.482 e. The average Bonchev–Trinajstić information content (AvgIpc) is 2.62. The number of anilines is 1. The van der Waals surface area contributed by atoms with E-state index in [-0.39, 0.29) is 24.0 Å². The molecule has 2 aromatic carbocycles. The Balaban J connectivity index is 1.79. The Morgan fingerprint density at radius 1 is 1.22 bits per heavy atom. The third-order valence-electron chi connectivity index (χ3n) is 4.01. The van der Waals surface area contributed by atoms with Crippen molar-refractivity contribution in [3.8, 4) is 11.5 Å². The largest absolute Gasteiger partial charge is 0.482 e. The van der Waals surface area contributed by atoms with Crippen LogP contribution in [0.15, 0.2) is 36.4 Å². The molecule has 0 unspecified atom stereocenters. The molecule has 0 spiro atoms. The van der Waals surface area contributed by atoms with Gasteiger partial charge in [0.05, 0.1) is 5.69 Å². The van der Waals surface area contributed by atoms with E-state index in [1.807, 2.05) is 0 Å². The molecule has 7 heteroatoms. The van der Waals surface area contributed by atoms with E-state index in [2.05, 4.69) is 10.1 Å². The number of ether oxygens (including phenoxy) is 2. The SMILES string of the molecule is Cc1cc(C=CC(=O)c2ccc3c(c2)NC(=O)CO3)cc(C)c1OC(F)F. The van der Waals surface area contributed by atoms with Crippen LogP contribution < -0.4 is 14.8 Å². The molecule has 0 aliphatic carbocycles. The van der Waals surface area contributed by atoms with Gasteiger partial charge in [0.25, 0.3) is 5.91 Å². The van der Waals surface area contributed by atoms with Crippen LogP contribution in [0.25, 0.3) is 6.08 Å². The summed E-state index contributed by atoms with van der Waals surface area (Å²) in [4.78, 5) is 23.8. The summed E-state index contributed by atoms with van der Waals surface area (Å²) in [5.74, 6) is 0.107. The fraction of sp³-hybridized carbons (Fsp3) is 0.200. The van der Waals surface area contributed by atoms with Crippen molar-refractivity contribution in [2.75, 3.05) is 11.9 Å². The predicted octanol–water partition coefficient (Wildman–Crippen LogP) is 4.13. The first kappa shape index (κ1) is 18.6. The lowest BCUT2D eigenvalue weighted by molar-refractivity contribution is -0.118. The highest BCUT2D eigenvalue weighted by Crippen LogP contribution is 2.29. The van der Waals surface area contributed by atoms with Gasteiger partial charge in [-0.3, -0.25) is 9.59 Å². The summed E-state index contributed by atoms with van der Waals surface area (Å²) >= 11 is 0. The Labute approximate surface area is 154 Å². The number of nitrogens with one attached hydrogen (secondary N) is 1. The van der Waals surface area contributed by atoms with Crippen molar-refractivity contribution in [3.05, 3.63) is 58.7 Å². The standard InChI is InChI=1S/C20H17F2NO4/c1-11-7-13(8-12(2)19(11)27-20(21)22)3-5-16(24)14-4-6-17-15(9-14)23-18(25)10-26-17/h3-9,20H,10H2,1-2H3,(H,23,25). The number of fused-ring (bicyclic) bond motifs is 1. The number of benzene rings is 2. The molecule has 0 atom stereocenters. The zero-order valence-electron chi connectivity index (χ0n) is 14.7. The monoisotopic (exact) mass is 373 g/mol. The van der Waals surface area contributed by atoms with E-state index in [4.69, 9.17) is 4.74 Å². The molecule has 140 valence electrons. The maximum absolute atomic E-state index is 12.5. The second-order valence-electron chi connectivity index (χ2n) is 6.11. The summed E-state index contributed by atoms with van der Waals surface area (Å²) in [6, 6.07) is 8.11. The minimum absolute atomic E-state index is 0.0514. The Kier molecular flexibility index (Phi) is 5.21. The first-order valence-corrected chi connectivity index (χ1v) is 8.18. The number of hydrogen-bond donors (Lipinski definition) is 1. The van der Waals surface area contributed by atoms with Crippen LogP contribution in [0.5, 0.6) is 11.5 Å². The molecule has 0 radical (unpaired) electrons. The number of carbonyl (C=O) groups excluding carboxylic acids is 2. The number of allylic oxidation sites excluding steroid dienone is 1. The normalized spacial score (nSPS) is 13.3. The van der Waals surface area contributed by atoms with Crippen molar-refractivity contribution >= 4 is 23.5 Å². The van der Waals surface area contributed by atoms with Crippen LogP contribution >= 0.6 is 0 Å². The molecule has 5 nitrogen and oxygen atoms in total. The Hall–Kier alpha value is -3.22. The van der Waals surface area contributed by atoms with E-state index in [1.54, 1.807) is 50.3 Å². The molecule has 1 aliphatic heterocycles. The highest BCUT2D eigenvalue weighted by atomic mass is 19.3. The van der Waals surface area contributed by atoms with Crippen molar-refractivity contribution in [2.45, 2.75) is 20.5 Å². The van der Waals surface area contributed by atoms with Gasteiger partial charge in [0.2, 0.25) is 0 Å². The van der Waals surface area contributed by atoms with Crippen LogP contribution in [0.2, 0.25) is 0 Å². The summed E-state index contributed by atoms with van der Waals surface area (Å²) in [5.41, 5.74) is 2.63. The predicted molar refractivity (Wildman–Crippen MR) is 96.5 cm³/mol. The van der Waals surface area contributed by atoms with Crippen LogP contribution in [-0.4, -0.2) is 24.9 Å². The molecule has 1 heterocycles. The van der Waals surface area contributed by atoms with Crippen molar-refractivity contribution in [3.63, 3.8) is 0 Å². The molecule has 0 saturated heterocycles. The fourth-order valence-corrected chi connectivity index (χ4v) is 2.86. The second-order valence-corrected chi connectivity index (χ2v) is 6.11. The van der Waals surface area contributed by atoms with Gasteiger partial charge in [-0.1, -0.05) is 6.08 Å². The van der Waals surface area contributed by atoms with Crippen LogP contribution in [0.1, 0.15) is 27.0 Å². The first-order chi connectivity index (χ1) is 12.8. The molecule has 0 bridgehead atoms. The van der Waals surface area contributed by atoms with E-state index >= 15 is 0 Å². The Morgan fingerprint density at radius 3 is 2.59 bits per heavy atom. The van der Waals surface area contributed by atoms with E-state index in [1.165, 1.54) is 6.08 Å². The van der Waals surface area contributed by atoms with Gasteiger partial charge in [-0.2, -0.15) is 8.78 Å². The number of halogens is 2. The highest BCUT2D eigenvalue weighted by Gasteiger charge is 2.17. The van der Waals surface area contributed by atoms with Gasteiger partial charge in [-0.15, -0.1) is 0 Å². The Morgan fingerprint density at radius 2 is 1.93 bits per heavy atom. The highest BCUT2D eigenvalue weighted by molar-refractivity contribution is 6.08. The van der Waals surface area contributed by atoms with Gasteiger partial charge in [-0.25, -0.2) is 0 Å². The number of rotatable bonds is 5. The quantitative estimate of drug-likeness (QED) is 0.632. The number of carbonyl (C=O) groups is 2. The molecular formula is C20H17F2NO4. The van der Waals surface area contributed by atoms with Crippen LogP contribution in [0.3, 0.4) is 0 Å². The molecule has 0 aromatic heterocycles. The molecule has 1 aliphatic rings. The zero-order valence-corrected chi connectivity index (χ0v) is 14.7. The molecule has 0 saturated carbocycles. The summed E-state index contributed by atoms with van der Waals surface area (Å²) < 4.78 is 34.7. The van der Waals surface area contributed by atoms with Gasteiger partial charge in [0, 0.05) is 5.56 Å². The van der Waals surface area contributed by atoms with Crippen molar-refractivity contribution < 1.29 is 27.8 Å². The van der Waals surface area contributed by atoms with Gasteiger partial charge in [-0.05, 0) is 66.9 Å². The van der Waals surface area contributed by atoms with E-state index in [0.717, 1.165) is 0 Å². The van der Waals surface area contributed by atoms with Crippen LogP contribution in [-0.2, 0) is 4.79 Å². The summed E-state index contributed by atoms with van der Waals surface area (Å²) in [5, 5.41) is 2.65. The molecule has 0 fully saturated rings. The maximum atomic E-state index is 12.5. The Bertz CT molecular complexity index is 915. The van der Waals surface area contributed by atoms with E-state index in [9.17, 15) is 18.4 Å². The third-order valence-corrected chi connectivity index (χ3v) is 4.01. The average molecular weight is 373 g/mol. The van der Waals surface area contributed by atoms with Gasteiger partial charge in [0.1, 0.15) is 11.5 Å². The van der Waals surface area contributed by atoms with Gasteiger partial charge < -0.3 is 14.8 Å². The second kappa shape index (κ2) is 7.57. The lowest BCUT2D eigenvalue weighted by atomic mass is 10.0. The molecule has 1 amide bonds. The van der Waals surface area contributed by atoms with Crippen molar-refractivity contribution in [1.29, 1.82) is 0 Å².